The van der Waals surface area contributed by atoms with Crippen molar-refractivity contribution in [2.75, 3.05) is 12.0 Å². The van der Waals surface area contributed by atoms with Gasteiger partial charge in [0.15, 0.2) is 0 Å². The number of ether oxygens (including phenoxy) is 1. The molecule has 22 heavy (non-hydrogen) atoms. The molecule has 1 heterocycles. The van der Waals surface area contributed by atoms with Crippen LogP contribution in [0.15, 0.2) is 28.7 Å². The van der Waals surface area contributed by atoms with Crippen LogP contribution in [0.25, 0.3) is 0 Å². The van der Waals surface area contributed by atoms with Gasteiger partial charge in [-0.3, -0.25) is 5.43 Å². The van der Waals surface area contributed by atoms with Gasteiger partial charge in [-0.15, -0.1) is 11.3 Å². The van der Waals surface area contributed by atoms with Crippen molar-refractivity contribution in [2.24, 2.45) is 11.0 Å². The summed E-state index contributed by atoms with van der Waals surface area (Å²) in [5.74, 6) is 1.33. The van der Waals surface area contributed by atoms with Crippen LogP contribution in [0.2, 0.25) is 5.02 Å². The molecule has 2 aromatic rings. The number of aromatic nitrogens is 1. The number of rotatable bonds is 7. The van der Waals surface area contributed by atoms with E-state index in [9.17, 15) is 0 Å². The van der Waals surface area contributed by atoms with Crippen molar-refractivity contribution in [1.29, 1.82) is 0 Å². The quantitative estimate of drug-likeness (QED) is 0.572. The van der Waals surface area contributed by atoms with Gasteiger partial charge in [-0.1, -0.05) is 25.4 Å². The maximum Gasteiger partial charge on any atom is 0.203 e. The minimum absolute atomic E-state index is 0.595. The van der Waals surface area contributed by atoms with Gasteiger partial charge < -0.3 is 4.74 Å². The Kier molecular flexibility index (Phi) is 6.21. The van der Waals surface area contributed by atoms with Crippen molar-refractivity contribution in [1.82, 2.24) is 4.98 Å². The molecular weight excluding hydrogens is 318 g/mol. The topological polar surface area (TPSA) is 46.5 Å². The molecule has 6 heteroatoms. The van der Waals surface area contributed by atoms with Crippen molar-refractivity contribution < 1.29 is 4.74 Å². The molecule has 4 nitrogen and oxygen atoms in total. The normalized spacial score (nSPS) is 11.3. The van der Waals surface area contributed by atoms with Gasteiger partial charge in [0.2, 0.25) is 5.13 Å². The van der Waals surface area contributed by atoms with Crippen molar-refractivity contribution >= 4 is 34.3 Å². The van der Waals surface area contributed by atoms with Gasteiger partial charge in [0, 0.05) is 5.38 Å². The molecule has 0 spiro atoms. The van der Waals surface area contributed by atoms with E-state index in [2.05, 4.69) is 29.4 Å². The Balaban J connectivity index is 1.91. The van der Waals surface area contributed by atoms with E-state index in [1.54, 1.807) is 6.21 Å². The summed E-state index contributed by atoms with van der Waals surface area (Å²) in [6.07, 6.45) is 2.72. The van der Waals surface area contributed by atoms with Gasteiger partial charge in [-0.05, 0) is 43.0 Å². The number of thiazole rings is 1. The van der Waals surface area contributed by atoms with Crippen molar-refractivity contribution in [3.8, 4) is 5.75 Å². The molecule has 0 amide bonds. The molecule has 0 unspecified atom stereocenters. The third-order valence-corrected chi connectivity index (χ3v) is 4.06. The van der Waals surface area contributed by atoms with Crippen LogP contribution in [0.3, 0.4) is 0 Å². The first-order valence-corrected chi connectivity index (χ1v) is 8.44. The van der Waals surface area contributed by atoms with E-state index >= 15 is 0 Å². The maximum absolute atomic E-state index is 6.23. The average molecular weight is 338 g/mol. The van der Waals surface area contributed by atoms with Crippen LogP contribution in [0.4, 0.5) is 5.13 Å². The molecule has 0 saturated carbocycles. The lowest BCUT2D eigenvalue weighted by Crippen LogP contribution is -2.02. The van der Waals surface area contributed by atoms with E-state index < -0.39 is 0 Å². The van der Waals surface area contributed by atoms with E-state index in [-0.39, 0.29) is 0 Å². The standard InChI is InChI=1S/C16H20ClN3OS/c1-11(2)6-7-21-15-5-4-13(8-14(15)17)9-18-20-16-19-12(3)10-22-16/h4-5,8-11H,6-7H2,1-3H3,(H,19,20). The fourth-order valence-corrected chi connectivity index (χ4v) is 2.57. The van der Waals surface area contributed by atoms with Crippen LogP contribution in [-0.2, 0) is 0 Å². The van der Waals surface area contributed by atoms with Gasteiger partial charge in [-0.25, -0.2) is 4.98 Å². The molecule has 0 atom stereocenters. The summed E-state index contributed by atoms with van der Waals surface area (Å²) in [6, 6.07) is 5.64. The highest BCUT2D eigenvalue weighted by molar-refractivity contribution is 7.13. The largest absolute Gasteiger partial charge is 0.492 e. The first kappa shape index (κ1) is 16.8. The number of nitrogens with one attached hydrogen (secondary N) is 1. The van der Waals surface area contributed by atoms with Crippen LogP contribution in [0, 0.1) is 12.8 Å². The fraction of sp³-hybridized carbons (Fsp3) is 0.375. The van der Waals surface area contributed by atoms with E-state index in [1.165, 1.54) is 11.3 Å². The van der Waals surface area contributed by atoms with Crippen LogP contribution in [0.5, 0.6) is 5.75 Å². The summed E-state index contributed by atoms with van der Waals surface area (Å²) in [4.78, 5) is 4.27. The van der Waals surface area contributed by atoms with Crippen molar-refractivity contribution in [3.05, 3.63) is 39.9 Å². The third kappa shape index (κ3) is 5.31. The lowest BCUT2D eigenvalue weighted by Gasteiger charge is -2.09. The van der Waals surface area contributed by atoms with Crippen LogP contribution >= 0.6 is 22.9 Å². The second-order valence-corrected chi connectivity index (χ2v) is 6.65. The third-order valence-electron chi connectivity index (χ3n) is 2.90. The summed E-state index contributed by atoms with van der Waals surface area (Å²) in [5.41, 5.74) is 4.78. The number of benzene rings is 1. The summed E-state index contributed by atoms with van der Waals surface area (Å²) in [5, 5.41) is 7.49. The predicted octanol–water partition coefficient (Wildman–Crippen LogP) is 4.98. The van der Waals surface area contributed by atoms with Gasteiger partial charge in [-0.2, -0.15) is 5.10 Å². The Hall–Kier alpha value is -1.59. The molecular formula is C16H20ClN3OS. The van der Waals surface area contributed by atoms with Crippen LogP contribution in [0.1, 0.15) is 31.5 Å². The zero-order valence-corrected chi connectivity index (χ0v) is 14.5. The van der Waals surface area contributed by atoms with E-state index in [0.717, 1.165) is 22.8 Å². The Bertz CT molecular complexity index is 640. The van der Waals surface area contributed by atoms with Gasteiger partial charge >= 0.3 is 0 Å². The molecule has 0 radical (unpaired) electrons. The Labute approximate surface area is 140 Å². The summed E-state index contributed by atoms with van der Waals surface area (Å²) >= 11 is 7.75. The first-order chi connectivity index (χ1) is 10.5. The zero-order valence-electron chi connectivity index (χ0n) is 13.0. The Morgan fingerprint density at radius 1 is 1.45 bits per heavy atom. The monoisotopic (exact) mass is 337 g/mol. The molecule has 0 aliphatic heterocycles. The van der Waals surface area contributed by atoms with E-state index in [0.29, 0.717) is 23.3 Å². The van der Waals surface area contributed by atoms with Gasteiger partial charge in [0.1, 0.15) is 5.75 Å². The predicted molar refractivity (Wildman–Crippen MR) is 94.5 cm³/mol. The Morgan fingerprint density at radius 3 is 2.91 bits per heavy atom. The summed E-state index contributed by atoms with van der Waals surface area (Å²) in [7, 11) is 0. The van der Waals surface area contributed by atoms with Crippen LogP contribution in [-0.4, -0.2) is 17.8 Å². The molecule has 0 fully saturated rings. The highest BCUT2D eigenvalue weighted by Crippen LogP contribution is 2.25. The van der Waals surface area contributed by atoms with Crippen molar-refractivity contribution in [3.63, 3.8) is 0 Å². The molecule has 0 aliphatic rings. The fourth-order valence-electron chi connectivity index (χ4n) is 1.69. The van der Waals surface area contributed by atoms with Crippen molar-refractivity contribution in [2.45, 2.75) is 27.2 Å². The van der Waals surface area contributed by atoms with E-state index in [1.807, 2.05) is 30.5 Å². The second-order valence-electron chi connectivity index (χ2n) is 5.38. The molecule has 0 aliphatic carbocycles. The van der Waals surface area contributed by atoms with E-state index in [4.69, 9.17) is 16.3 Å². The number of aryl methyl sites for hydroxylation is 1. The number of anilines is 1. The molecule has 0 bridgehead atoms. The number of hydrogen-bond donors (Lipinski definition) is 1. The lowest BCUT2D eigenvalue weighted by atomic mass is 10.1. The number of halogens is 1. The number of hydrogen-bond acceptors (Lipinski definition) is 5. The first-order valence-electron chi connectivity index (χ1n) is 7.18. The second kappa shape index (κ2) is 8.15. The SMILES string of the molecule is Cc1csc(NN=Cc2ccc(OCCC(C)C)c(Cl)c2)n1. The highest BCUT2D eigenvalue weighted by Gasteiger charge is 2.03. The summed E-state index contributed by atoms with van der Waals surface area (Å²) < 4.78 is 5.68. The Morgan fingerprint density at radius 2 is 2.27 bits per heavy atom. The minimum Gasteiger partial charge on any atom is -0.492 e. The smallest absolute Gasteiger partial charge is 0.203 e. The molecule has 118 valence electrons. The summed E-state index contributed by atoms with van der Waals surface area (Å²) in [6.45, 7) is 6.96. The van der Waals surface area contributed by atoms with Gasteiger partial charge in [0.05, 0.1) is 23.5 Å². The number of nitrogens with zero attached hydrogens (tertiary/aromatic N) is 2. The highest BCUT2D eigenvalue weighted by atomic mass is 35.5. The van der Waals surface area contributed by atoms with Crippen LogP contribution < -0.4 is 10.2 Å². The average Bonchev–Trinajstić information content (AvgIpc) is 2.86. The number of hydrazone groups is 1. The maximum atomic E-state index is 6.23. The molecule has 0 saturated heterocycles. The lowest BCUT2D eigenvalue weighted by molar-refractivity contribution is 0.289. The van der Waals surface area contributed by atoms with Gasteiger partial charge in [0.25, 0.3) is 0 Å². The zero-order chi connectivity index (χ0) is 15.9. The molecule has 1 aromatic carbocycles. The molecule has 2 rings (SSSR count). The minimum atomic E-state index is 0.595. The molecule has 1 N–H and O–H groups in total. The molecule has 1 aromatic heterocycles.